The second-order valence-electron chi connectivity index (χ2n) is 7.14. The van der Waals surface area contributed by atoms with Gasteiger partial charge in [0.15, 0.2) is 0 Å². The summed E-state index contributed by atoms with van der Waals surface area (Å²) in [6.07, 6.45) is -7.01. The number of hydrogen-bond donors (Lipinski definition) is 1. The highest BCUT2D eigenvalue weighted by Gasteiger charge is 2.71. The van der Waals surface area contributed by atoms with E-state index in [9.17, 15) is 35.2 Å². The maximum atomic E-state index is 13.5. The van der Waals surface area contributed by atoms with E-state index in [-0.39, 0.29) is 30.6 Å². The van der Waals surface area contributed by atoms with E-state index in [0.717, 1.165) is 12.8 Å². The number of fused-ring (bicyclic) bond motifs is 1. The van der Waals surface area contributed by atoms with Crippen molar-refractivity contribution in [1.82, 2.24) is 0 Å². The summed E-state index contributed by atoms with van der Waals surface area (Å²) in [6.45, 7) is 0. The number of esters is 1. The van der Waals surface area contributed by atoms with Crippen LogP contribution in [0.1, 0.15) is 38.5 Å². The highest BCUT2D eigenvalue weighted by Crippen LogP contribution is 2.75. The fourth-order valence-electron chi connectivity index (χ4n) is 4.47. The molecule has 3 saturated carbocycles. The first-order chi connectivity index (χ1) is 10.7. The topological polar surface area (TPSA) is 80.7 Å². The van der Waals surface area contributed by atoms with Crippen LogP contribution in [0.4, 0.5) is 22.0 Å². The van der Waals surface area contributed by atoms with E-state index in [4.69, 9.17) is 4.55 Å². The molecule has 24 heavy (non-hydrogen) atoms. The number of halogens is 5. The number of hydrogen-bond acceptors (Lipinski definition) is 4. The van der Waals surface area contributed by atoms with Gasteiger partial charge in [-0.2, -0.15) is 30.4 Å². The van der Waals surface area contributed by atoms with Crippen LogP contribution in [-0.2, 0) is 19.6 Å². The Labute approximate surface area is 134 Å². The first-order valence-corrected chi connectivity index (χ1v) is 8.80. The molecule has 2 bridgehead atoms. The Kier molecular flexibility index (Phi) is 3.57. The summed E-state index contributed by atoms with van der Waals surface area (Å²) in [5.74, 6) is -1.28. The zero-order valence-electron chi connectivity index (χ0n) is 12.3. The Morgan fingerprint density at radius 1 is 1.17 bits per heavy atom. The summed E-state index contributed by atoms with van der Waals surface area (Å²) in [7, 11) is -6.41. The third-order valence-corrected chi connectivity index (χ3v) is 6.52. The standard InChI is InChI=1S/C13H15F5O5S/c14-12(15,16)8(13(17,18)24(20,21)22)23-9(19)11-3-1-2-10(6-11)4-7(10)5-11/h7-8H,1-6H2,(H,20,21,22). The molecule has 0 saturated heterocycles. The third kappa shape index (κ3) is 2.51. The van der Waals surface area contributed by atoms with E-state index in [2.05, 4.69) is 4.74 Å². The van der Waals surface area contributed by atoms with Gasteiger partial charge in [0.05, 0.1) is 5.41 Å². The Morgan fingerprint density at radius 2 is 1.79 bits per heavy atom. The van der Waals surface area contributed by atoms with Gasteiger partial charge in [-0.25, -0.2) is 0 Å². The monoisotopic (exact) mass is 378 g/mol. The van der Waals surface area contributed by atoms with Crippen molar-refractivity contribution in [1.29, 1.82) is 0 Å². The van der Waals surface area contributed by atoms with Crippen LogP contribution >= 0.6 is 0 Å². The summed E-state index contributed by atoms with van der Waals surface area (Å²) >= 11 is 0. The Morgan fingerprint density at radius 3 is 2.33 bits per heavy atom. The lowest BCUT2D eigenvalue weighted by Crippen LogP contribution is -2.53. The molecule has 1 N–H and O–H groups in total. The molecule has 3 aliphatic rings. The van der Waals surface area contributed by atoms with Crippen molar-refractivity contribution >= 4 is 16.1 Å². The molecule has 4 unspecified atom stereocenters. The van der Waals surface area contributed by atoms with Crippen molar-refractivity contribution in [3.05, 3.63) is 0 Å². The normalized spacial score (nSPS) is 36.8. The highest BCUT2D eigenvalue weighted by atomic mass is 32.2. The number of rotatable bonds is 4. The SMILES string of the molecule is O=C(OC(C(F)(F)F)C(F)(F)S(=O)(=O)O)C12CCCC3(CC3C1)C2. The van der Waals surface area contributed by atoms with Crippen molar-refractivity contribution in [3.63, 3.8) is 0 Å². The lowest BCUT2D eigenvalue weighted by Gasteiger charge is -2.36. The van der Waals surface area contributed by atoms with Crippen LogP contribution in [0.3, 0.4) is 0 Å². The van der Waals surface area contributed by atoms with Crippen LogP contribution in [0, 0.1) is 16.7 Å². The predicted octanol–water partition coefficient (Wildman–Crippen LogP) is 2.91. The predicted molar refractivity (Wildman–Crippen MR) is 68.5 cm³/mol. The van der Waals surface area contributed by atoms with Gasteiger partial charge in [0, 0.05) is 0 Å². The van der Waals surface area contributed by atoms with Crippen LogP contribution in [0.5, 0.6) is 0 Å². The Balaban J connectivity index is 1.85. The minimum Gasteiger partial charge on any atom is -0.444 e. The molecule has 3 rings (SSSR count). The zero-order chi connectivity index (χ0) is 18.2. The molecule has 0 heterocycles. The fraction of sp³-hybridized carbons (Fsp3) is 0.923. The van der Waals surface area contributed by atoms with Gasteiger partial charge in [0.1, 0.15) is 0 Å². The van der Waals surface area contributed by atoms with Crippen molar-refractivity contribution in [3.8, 4) is 0 Å². The molecular formula is C13H15F5O5S. The molecule has 3 fully saturated rings. The minimum atomic E-state index is -6.41. The van der Waals surface area contributed by atoms with E-state index in [1.165, 1.54) is 0 Å². The maximum Gasteiger partial charge on any atom is 0.432 e. The van der Waals surface area contributed by atoms with Gasteiger partial charge in [-0.05, 0) is 43.4 Å². The molecule has 138 valence electrons. The Bertz CT molecular complexity index is 675. The molecule has 0 radical (unpaired) electrons. The van der Waals surface area contributed by atoms with Gasteiger partial charge < -0.3 is 4.74 Å². The van der Waals surface area contributed by atoms with E-state index in [0.29, 0.717) is 6.42 Å². The molecule has 5 nitrogen and oxygen atoms in total. The maximum absolute atomic E-state index is 13.5. The van der Waals surface area contributed by atoms with Crippen LogP contribution in [-0.4, -0.2) is 36.5 Å². The highest BCUT2D eigenvalue weighted by molar-refractivity contribution is 7.86. The van der Waals surface area contributed by atoms with Crippen LogP contribution < -0.4 is 0 Å². The lowest BCUT2D eigenvalue weighted by molar-refractivity contribution is -0.263. The summed E-state index contributed by atoms with van der Waals surface area (Å²) in [5, 5.41) is -5.68. The number of ether oxygens (including phenoxy) is 1. The molecule has 0 aromatic carbocycles. The largest absolute Gasteiger partial charge is 0.444 e. The molecule has 4 atom stereocenters. The second-order valence-corrected chi connectivity index (χ2v) is 8.64. The number of carbonyl (C=O) groups excluding carboxylic acids is 1. The molecule has 11 heteroatoms. The van der Waals surface area contributed by atoms with Crippen molar-refractivity contribution in [2.24, 2.45) is 16.7 Å². The number of carbonyl (C=O) groups is 1. The average molecular weight is 378 g/mol. The molecule has 1 spiro atoms. The first-order valence-electron chi connectivity index (χ1n) is 7.36. The van der Waals surface area contributed by atoms with Crippen LogP contribution in [0.15, 0.2) is 0 Å². The molecule has 0 aromatic rings. The molecule has 0 aliphatic heterocycles. The number of alkyl halides is 5. The fourth-order valence-corrected chi connectivity index (χ4v) is 4.92. The molecule has 0 amide bonds. The van der Waals surface area contributed by atoms with Crippen molar-refractivity contribution < 1.29 is 44.5 Å². The molecule has 3 aliphatic carbocycles. The Hall–Kier alpha value is -0.970. The van der Waals surface area contributed by atoms with Crippen LogP contribution in [0.25, 0.3) is 0 Å². The lowest BCUT2D eigenvalue weighted by atomic mass is 9.71. The molecule has 0 aromatic heterocycles. The summed E-state index contributed by atoms with van der Waals surface area (Å²) < 4.78 is 99.3. The van der Waals surface area contributed by atoms with Crippen molar-refractivity contribution in [2.45, 2.75) is 56.1 Å². The van der Waals surface area contributed by atoms with Gasteiger partial charge in [-0.3, -0.25) is 9.35 Å². The quantitative estimate of drug-likeness (QED) is 0.462. The van der Waals surface area contributed by atoms with Gasteiger partial charge in [-0.15, -0.1) is 0 Å². The van der Waals surface area contributed by atoms with Crippen LogP contribution in [0.2, 0.25) is 0 Å². The summed E-state index contributed by atoms with van der Waals surface area (Å²) in [4.78, 5) is 12.2. The zero-order valence-corrected chi connectivity index (χ0v) is 13.1. The van der Waals surface area contributed by atoms with E-state index in [1.54, 1.807) is 0 Å². The first kappa shape index (κ1) is 17.8. The third-order valence-electron chi connectivity index (χ3n) is 5.62. The second kappa shape index (κ2) is 4.80. The van der Waals surface area contributed by atoms with Gasteiger partial charge in [0.25, 0.3) is 6.10 Å². The smallest absolute Gasteiger partial charge is 0.432 e. The minimum absolute atomic E-state index is 0.101. The summed E-state index contributed by atoms with van der Waals surface area (Å²) in [5.41, 5.74) is -1.36. The molecular weight excluding hydrogens is 363 g/mol. The van der Waals surface area contributed by atoms with Gasteiger partial charge >= 0.3 is 27.5 Å². The van der Waals surface area contributed by atoms with Crippen molar-refractivity contribution in [2.75, 3.05) is 0 Å². The van der Waals surface area contributed by atoms with E-state index < -0.39 is 39.0 Å². The summed E-state index contributed by atoms with van der Waals surface area (Å²) in [6, 6.07) is 0. The van der Waals surface area contributed by atoms with Gasteiger partial charge in [0.2, 0.25) is 0 Å². The van der Waals surface area contributed by atoms with E-state index >= 15 is 0 Å². The van der Waals surface area contributed by atoms with Gasteiger partial charge in [-0.1, -0.05) is 6.42 Å². The van der Waals surface area contributed by atoms with E-state index in [1.807, 2.05) is 0 Å². The average Bonchev–Trinajstić information content (AvgIpc) is 2.96.